The first-order valence-corrected chi connectivity index (χ1v) is 7.99. The number of ether oxygens (including phenoxy) is 1. The van der Waals surface area contributed by atoms with Crippen molar-refractivity contribution in [3.05, 3.63) is 59.7 Å². The molecule has 5 heteroatoms. The Bertz CT molecular complexity index is 753. The first-order chi connectivity index (χ1) is 11.5. The molecule has 124 valence electrons. The van der Waals surface area contributed by atoms with Gasteiger partial charge in [0.2, 0.25) is 5.91 Å². The van der Waals surface area contributed by atoms with Gasteiger partial charge in [0.05, 0.1) is 6.10 Å². The van der Waals surface area contributed by atoms with Crippen LogP contribution < -0.4 is 15.4 Å². The van der Waals surface area contributed by atoms with Crippen LogP contribution in [0.2, 0.25) is 0 Å². The van der Waals surface area contributed by atoms with Gasteiger partial charge in [-0.15, -0.1) is 0 Å². The van der Waals surface area contributed by atoms with Gasteiger partial charge in [-0.05, 0) is 49.7 Å². The minimum absolute atomic E-state index is 0.1000. The Morgan fingerprint density at radius 1 is 1.17 bits per heavy atom. The van der Waals surface area contributed by atoms with Crippen molar-refractivity contribution in [3.63, 3.8) is 0 Å². The maximum atomic E-state index is 12.4. The van der Waals surface area contributed by atoms with E-state index in [2.05, 4.69) is 10.6 Å². The molecule has 0 saturated heterocycles. The van der Waals surface area contributed by atoms with Crippen molar-refractivity contribution in [3.8, 4) is 5.75 Å². The minimum Gasteiger partial charge on any atom is -0.491 e. The Labute approximate surface area is 141 Å². The number of carbonyl (C=O) groups excluding carboxylic acids is 2. The van der Waals surface area contributed by atoms with Crippen LogP contribution in [0.5, 0.6) is 5.75 Å². The highest BCUT2D eigenvalue weighted by Crippen LogP contribution is 2.19. The van der Waals surface area contributed by atoms with Crippen molar-refractivity contribution >= 4 is 17.5 Å². The third-order valence-corrected chi connectivity index (χ3v) is 3.80. The number of fused-ring (bicyclic) bond motifs is 1. The summed E-state index contributed by atoms with van der Waals surface area (Å²) in [7, 11) is 0. The highest BCUT2D eigenvalue weighted by molar-refractivity contribution is 6.03. The fourth-order valence-corrected chi connectivity index (χ4v) is 2.70. The molecular weight excluding hydrogens is 304 g/mol. The van der Waals surface area contributed by atoms with Gasteiger partial charge in [-0.25, -0.2) is 0 Å². The molecule has 1 aliphatic heterocycles. The summed E-state index contributed by atoms with van der Waals surface area (Å²) < 4.78 is 5.57. The molecule has 0 bridgehead atoms. The zero-order valence-corrected chi connectivity index (χ0v) is 13.7. The van der Waals surface area contributed by atoms with Gasteiger partial charge in [0, 0.05) is 17.7 Å². The predicted octanol–water partition coefficient (Wildman–Crippen LogP) is 2.77. The summed E-state index contributed by atoms with van der Waals surface area (Å²) in [5, 5.41) is 5.59. The van der Waals surface area contributed by atoms with E-state index in [0.29, 0.717) is 17.7 Å². The fourth-order valence-electron chi connectivity index (χ4n) is 2.70. The highest BCUT2D eigenvalue weighted by Gasteiger charge is 2.28. The number of hydrogen-bond acceptors (Lipinski definition) is 3. The summed E-state index contributed by atoms with van der Waals surface area (Å²) in [5.41, 5.74) is 2.20. The van der Waals surface area contributed by atoms with Crippen LogP contribution in [0.15, 0.2) is 48.5 Å². The lowest BCUT2D eigenvalue weighted by Gasteiger charge is -2.24. The number of anilines is 1. The average Bonchev–Trinajstić information content (AvgIpc) is 2.56. The second-order valence-electron chi connectivity index (χ2n) is 6.07. The molecule has 1 unspecified atom stereocenters. The molecular formula is C19H20N2O3. The molecule has 1 atom stereocenters. The molecule has 0 radical (unpaired) electrons. The highest BCUT2D eigenvalue weighted by atomic mass is 16.5. The van der Waals surface area contributed by atoms with Gasteiger partial charge in [0.15, 0.2) is 0 Å². The molecule has 2 amide bonds. The average molecular weight is 324 g/mol. The molecule has 2 N–H and O–H groups in total. The van der Waals surface area contributed by atoms with E-state index in [1.807, 2.05) is 44.2 Å². The van der Waals surface area contributed by atoms with Crippen LogP contribution in [0.1, 0.15) is 29.8 Å². The van der Waals surface area contributed by atoms with Crippen molar-refractivity contribution in [2.75, 3.05) is 5.32 Å². The summed E-state index contributed by atoms with van der Waals surface area (Å²) in [6.07, 6.45) is 0.588. The number of rotatable bonds is 4. The van der Waals surface area contributed by atoms with Crippen LogP contribution in [0, 0.1) is 0 Å². The zero-order chi connectivity index (χ0) is 17.1. The third-order valence-electron chi connectivity index (χ3n) is 3.80. The summed E-state index contributed by atoms with van der Waals surface area (Å²) in [6, 6.07) is 14.0. The van der Waals surface area contributed by atoms with Gasteiger partial charge in [-0.1, -0.05) is 18.2 Å². The standard InChI is InChI=1S/C19H20N2O3/c1-12(2)24-15-9-7-14(8-10-15)20-19(23)17-11-13-5-3-4-6-16(13)18(22)21-17/h3-10,12,17H,11H2,1-2H3,(H,20,23)(H,21,22). The Balaban J connectivity index is 1.66. The number of hydrogen-bond donors (Lipinski definition) is 2. The maximum Gasteiger partial charge on any atom is 0.252 e. The summed E-state index contributed by atoms with van der Waals surface area (Å²) in [6.45, 7) is 3.92. The second-order valence-corrected chi connectivity index (χ2v) is 6.07. The zero-order valence-electron chi connectivity index (χ0n) is 13.7. The molecule has 2 aromatic carbocycles. The van der Waals surface area contributed by atoms with Gasteiger partial charge >= 0.3 is 0 Å². The van der Waals surface area contributed by atoms with Crippen molar-refractivity contribution in [2.24, 2.45) is 0 Å². The molecule has 24 heavy (non-hydrogen) atoms. The van der Waals surface area contributed by atoms with Crippen molar-refractivity contribution in [2.45, 2.75) is 32.4 Å². The monoisotopic (exact) mass is 324 g/mol. The molecule has 1 heterocycles. The SMILES string of the molecule is CC(C)Oc1ccc(NC(=O)C2Cc3ccccc3C(=O)N2)cc1. The molecule has 0 aliphatic carbocycles. The van der Waals surface area contributed by atoms with E-state index in [4.69, 9.17) is 4.74 Å². The van der Waals surface area contributed by atoms with E-state index in [1.165, 1.54) is 0 Å². The normalized spacial score (nSPS) is 16.3. The Morgan fingerprint density at radius 2 is 1.88 bits per heavy atom. The lowest BCUT2D eigenvalue weighted by atomic mass is 9.95. The molecule has 1 aliphatic rings. The van der Waals surface area contributed by atoms with Crippen LogP contribution in [-0.4, -0.2) is 24.0 Å². The Hall–Kier alpha value is -2.82. The smallest absolute Gasteiger partial charge is 0.252 e. The first kappa shape index (κ1) is 16.1. The largest absolute Gasteiger partial charge is 0.491 e. The van der Waals surface area contributed by atoms with E-state index in [0.717, 1.165) is 11.3 Å². The quantitative estimate of drug-likeness (QED) is 0.909. The first-order valence-electron chi connectivity index (χ1n) is 7.99. The predicted molar refractivity (Wildman–Crippen MR) is 92.2 cm³/mol. The number of amides is 2. The van der Waals surface area contributed by atoms with Crippen molar-refractivity contribution in [1.82, 2.24) is 5.32 Å². The van der Waals surface area contributed by atoms with E-state index in [1.54, 1.807) is 18.2 Å². The summed E-state index contributed by atoms with van der Waals surface area (Å²) in [4.78, 5) is 24.5. The molecule has 5 nitrogen and oxygen atoms in total. The molecule has 2 aromatic rings. The van der Waals surface area contributed by atoms with E-state index >= 15 is 0 Å². The fraction of sp³-hybridized carbons (Fsp3) is 0.263. The maximum absolute atomic E-state index is 12.4. The summed E-state index contributed by atoms with van der Waals surface area (Å²) >= 11 is 0. The second kappa shape index (κ2) is 6.74. The Morgan fingerprint density at radius 3 is 2.58 bits per heavy atom. The molecule has 0 aromatic heterocycles. The molecule has 3 rings (SSSR count). The number of carbonyl (C=O) groups is 2. The van der Waals surface area contributed by atoms with Crippen LogP contribution >= 0.6 is 0 Å². The van der Waals surface area contributed by atoms with Gasteiger partial charge in [0.25, 0.3) is 5.91 Å². The van der Waals surface area contributed by atoms with Gasteiger partial charge in [0.1, 0.15) is 11.8 Å². The molecule has 0 fully saturated rings. The minimum atomic E-state index is -0.570. The van der Waals surface area contributed by atoms with Crippen LogP contribution in [0.3, 0.4) is 0 Å². The lowest BCUT2D eigenvalue weighted by molar-refractivity contribution is -0.118. The van der Waals surface area contributed by atoms with Crippen LogP contribution in [-0.2, 0) is 11.2 Å². The van der Waals surface area contributed by atoms with E-state index in [-0.39, 0.29) is 17.9 Å². The van der Waals surface area contributed by atoms with Crippen LogP contribution in [0.4, 0.5) is 5.69 Å². The molecule has 0 saturated carbocycles. The molecule has 0 spiro atoms. The van der Waals surface area contributed by atoms with Crippen LogP contribution in [0.25, 0.3) is 0 Å². The number of benzene rings is 2. The van der Waals surface area contributed by atoms with Gasteiger partial charge < -0.3 is 15.4 Å². The van der Waals surface area contributed by atoms with Crippen molar-refractivity contribution < 1.29 is 14.3 Å². The topological polar surface area (TPSA) is 67.4 Å². The van der Waals surface area contributed by atoms with Gasteiger partial charge in [-0.2, -0.15) is 0 Å². The van der Waals surface area contributed by atoms with E-state index in [9.17, 15) is 9.59 Å². The van der Waals surface area contributed by atoms with Crippen molar-refractivity contribution in [1.29, 1.82) is 0 Å². The van der Waals surface area contributed by atoms with Gasteiger partial charge in [-0.3, -0.25) is 9.59 Å². The summed E-state index contributed by atoms with van der Waals surface area (Å²) in [5.74, 6) is 0.316. The number of nitrogens with one attached hydrogen (secondary N) is 2. The lowest BCUT2D eigenvalue weighted by Crippen LogP contribution is -2.48. The third kappa shape index (κ3) is 3.56. The van der Waals surface area contributed by atoms with E-state index < -0.39 is 6.04 Å². The Kier molecular flexibility index (Phi) is 4.51.